The average molecular weight is 593 g/mol. The fourth-order valence-electron chi connectivity index (χ4n) is 3.15. The normalized spacial score (nSPS) is 15.0. The molecule has 0 bridgehead atoms. The van der Waals surface area contributed by atoms with Gasteiger partial charge < -0.3 is 4.74 Å². The molecule has 3 aromatic carbocycles. The van der Waals surface area contributed by atoms with Gasteiger partial charge in [0.05, 0.1) is 19.5 Å². The van der Waals surface area contributed by atoms with E-state index in [4.69, 9.17) is 17.0 Å². The van der Waals surface area contributed by atoms with E-state index in [9.17, 15) is 9.18 Å². The van der Waals surface area contributed by atoms with Gasteiger partial charge in [-0.1, -0.05) is 48.2 Å². The quantitative estimate of drug-likeness (QED) is 0.225. The molecule has 32 heavy (non-hydrogen) atoms. The Morgan fingerprint density at radius 3 is 2.44 bits per heavy atom. The van der Waals surface area contributed by atoms with Crippen molar-refractivity contribution in [3.8, 4) is 5.75 Å². The molecule has 0 N–H and O–H groups in total. The van der Waals surface area contributed by atoms with Crippen LogP contribution in [-0.2, 0) is 11.4 Å². The van der Waals surface area contributed by atoms with Crippen LogP contribution in [0.3, 0.4) is 0 Å². The monoisotopic (exact) mass is 591 g/mol. The first-order valence-electron chi connectivity index (χ1n) is 9.53. The van der Waals surface area contributed by atoms with Gasteiger partial charge in [-0.3, -0.25) is 9.69 Å². The highest BCUT2D eigenvalue weighted by atomic mass is 79.9. The minimum Gasteiger partial charge on any atom is -0.487 e. The van der Waals surface area contributed by atoms with E-state index in [1.165, 1.54) is 23.9 Å². The number of rotatable bonds is 5. The number of thiocarbonyl (C=S) groups is 1. The maximum absolute atomic E-state index is 13.1. The molecule has 3 aromatic rings. The SMILES string of the molecule is Cc1cccc(N2C(=O)/C(=C\c3cc(Br)c(OCc4ccc(F)cc4)c(Br)c3)SC2=S)c1. The molecule has 4 rings (SSSR count). The number of hydrogen-bond acceptors (Lipinski definition) is 4. The van der Waals surface area contributed by atoms with Crippen LogP contribution in [0.2, 0.25) is 0 Å². The van der Waals surface area contributed by atoms with Crippen molar-refractivity contribution in [2.24, 2.45) is 0 Å². The van der Waals surface area contributed by atoms with E-state index in [0.29, 0.717) is 21.6 Å². The van der Waals surface area contributed by atoms with Crippen LogP contribution >= 0.6 is 55.8 Å². The second-order valence-electron chi connectivity index (χ2n) is 7.08. The van der Waals surface area contributed by atoms with Crippen LogP contribution in [0.25, 0.3) is 6.08 Å². The van der Waals surface area contributed by atoms with Gasteiger partial charge in [0.15, 0.2) is 4.32 Å². The fraction of sp³-hybridized carbons (Fsp3) is 0.0833. The van der Waals surface area contributed by atoms with Crippen molar-refractivity contribution in [3.63, 3.8) is 0 Å². The molecule has 0 spiro atoms. The Labute approximate surface area is 211 Å². The van der Waals surface area contributed by atoms with Crippen LogP contribution < -0.4 is 9.64 Å². The largest absolute Gasteiger partial charge is 0.487 e. The number of anilines is 1. The highest BCUT2D eigenvalue weighted by Crippen LogP contribution is 2.39. The van der Waals surface area contributed by atoms with Crippen LogP contribution in [0.1, 0.15) is 16.7 Å². The molecule has 1 saturated heterocycles. The Bertz CT molecular complexity index is 1220. The third kappa shape index (κ3) is 5.14. The number of carbonyl (C=O) groups excluding carboxylic acids is 1. The summed E-state index contributed by atoms with van der Waals surface area (Å²) in [4.78, 5) is 15.1. The van der Waals surface area contributed by atoms with Gasteiger partial charge in [-0.25, -0.2) is 4.39 Å². The second kappa shape index (κ2) is 9.87. The lowest BCUT2D eigenvalue weighted by Gasteiger charge is -2.15. The Balaban J connectivity index is 1.54. The summed E-state index contributed by atoms with van der Waals surface area (Å²) in [5, 5.41) is 0. The topological polar surface area (TPSA) is 29.5 Å². The summed E-state index contributed by atoms with van der Waals surface area (Å²) >= 11 is 13.8. The number of hydrogen-bond donors (Lipinski definition) is 0. The highest BCUT2D eigenvalue weighted by Gasteiger charge is 2.33. The summed E-state index contributed by atoms with van der Waals surface area (Å²) in [6.45, 7) is 2.28. The van der Waals surface area contributed by atoms with E-state index in [2.05, 4.69) is 31.9 Å². The molecule has 162 valence electrons. The maximum atomic E-state index is 13.1. The highest BCUT2D eigenvalue weighted by molar-refractivity contribution is 9.11. The first kappa shape index (κ1) is 23.2. The molecular weight excluding hydrogens is 577 g/mol. The summed E-state index contributed by atoms with van der Waals surface area (Å²) in [5.41, 5.74) is 3.50. The van der Waals surface area contributed by atoms with Gasteiger partial charge in [0.25, 0.3) is 5.91 Å². The Morgan fingerprint density at radius 1 is 1.09 bits per heavy atom. The Kier molecular flexibility index (Phi) is 7.14. The molecule has 0 unspecified atom stereocenters. The number of carbonyl (C=O) groups is 1. The third-order valence-corrected chi connectivity index (χ3v) is 7.15. The van der Waals surface area contributed by atoms with Gasteiger partial charge in [0, 0.05) is 0 Å². The molecule has 1 amide bonds. The molecule has 3 nitrogen and oxygen atoms in total. The Morgan fingerprint density at radius 2 is 1.78 bits per heavy atom. The molecular formula is C24H16Br2FNO2S2. The zero-order valence-corrected chi connectivity index (χ0v) is 21.6. The second-order valence-corrected chi connectivity index (χ2v) is 10.5. The van der Waals surface area contributed by atoms with Crippen LogP contribution in [0.4, 0.5) is 10.1 Å². The van der Waals surface area contributed by atoms with Crippen molar-refractivity contribution in [3.05, 3.63) is 97.0 Å². The molecule has 0 atom stereocenters. The van der Waals surface area contributed by atoms with Crippen LogP contribution in [-0.4, -0.2) is 10.2 Å². The summed E-state index contributed by atoms with van der Waals surface area (Å²) < 4.78 is 21.0. The number of benzene rings is 3. The first-order valence-corrected chi connectivity index (χ1v) is 12.3. The molecule has 1 aliphatic heterocycles. The van der Waals surface area contributed by atoms with E-state index < -0.39 is 0 Å². The lowest BCUT2D eigenvalue weighted by molar-refractivity contribution is -0.113. The summed E-state index contributed by atoms with van der Waals surface area (Å²) in [5.74, 6) is 0.196. The summed E-state index contributed by atoms with van der Waals surface area (Å²) in [6.07, 6.45) is 1.81. The van der Waals surface area contributed by atoms with E-state index in [1.807, 2.05) is 49.4 Å². The Hall–Kier alpha value is -2.00. The van der Waals surface area contributed by atoms with Gasteiger partial charge >= 0.3 is 0 Å². The molecule has 0 aliphatic carbocycles. The lowest BCUT2D eigenvalue weighted by atomic mass is 10.2. The minimum atomic E-state index is -0.284. The van der Waals surface area contributed by atoms with Gasteiger partial charge in [0.1, 0.15) is 18.2 Å². The molecule has 8 heteroatoms. The number of halogens is 3. The number of amides is 1. The molecule has 1 heterocycles. The van der Waals surface area contributed by atoms with E-state index >= 15 is 0 Å². The number of thioether (sulfide) groups is 1. The smallest absolute Gasteiger partial charge is 0.270 e. The predicted molar refractivity (Wildman–Crippen MR) is 139 cm³/mol. The maximum Gasteiger partial charge on any atom is 0.270 e. The van der Waals surface area contributed by atoms with E-state index in [-0.39, 0.29) is 11.7 Å². The van der Waals surface area contributed by atoms with Gasteiger partial charge in [0.2, 0.25) is 0 Å². The fourth-order valence-corrected chi connectivity index (χ4v) is 5.90. The standard InChI is InChI=1S/C24H16Br2FNO2S2/c1-14-3-2-4-18(9-14)28-23(29)21(32-24(28)31)12-16-10-19(25)22(20(26)11-16)30-13-15-5-7-17(27)8-6-15/h2-12H,13H2,1H3/b21-12+. The van der Waals surface area contributed by atoms with Gasteiger partial charge in [-0.2, -0.15) is 0 Å². The average Bonchev–Trinajstić information content (AvgIpc) is 3.01. The molecule has 0 saturated carbocycles. The van der Waals surface area contributed by atoms with Crippen molar-refractivity contribution in [1.29, 1.82) is 0 Å². The van der Waals surface area contributed by atoms with Crippen molar-refractivity contribution in [2.45, 2.75) is 13.5 Å². The first-order chi connectivity index (χ1) is 15.3. The number of nitrogens with zero attached hydrogens (tertiary/aromatic N) is 1. The predicted octanol–water partition coefficient (Wildman–Crippen LogP) is 7.64. The molecule has 1 fully saturated rings. The van der Waals surface area contributed by atoms with Gasteiger partial charge in [-0.15, -0.1) is 0 Å². The molecule has 1 aliphatic rings. The van der Waals surface area contributed by atoms with Crippen molar-refractivity contribution in [2.75, 3.05) is 4.90 Å². The zero-order valence-electron chi connectivity index (χ0n) is 16.8. The van der Waals surface area contributed by atoms with Crippen LogP contribution in [0, 0.1) is 12.7 Å². The molecule has 0 radical (unpaired) electrons. The zero-order chi connectivity index (χ0) is 22.8. The third-order valence-electron chi connectivity index (χ3n) is 4.67. The van der Waals surface area contributed by atoms with Crippen molar-refractivity contribution in [1.82, 2.24) is 0 Å². The molecule has 0 aromatic heterocycles. The van der Waals surface area contributed by atoms with E-state index in [0.717, 1.165) is 31.3 Å². The summed E-state index contributed by atoms with van der Waals surface area (Å²) in [7, 11) is 0. The minimum absolute atomic E-state index is 0.144. The van der Waals surface area contributed by atoms with Crippen molar-refractivity contribution < 1.29 is 13.9 Å². The van der Waals surface area contributed by atoms with Crippen LogP contribution in [0.15, 0.2) is 74.5 Å². The van der Waals surface area contributed by atoms with Crippen LogP contribution in [0.5, 0.6) is 5.75 Å². The van der Waals surface area contributed by atoms with Crippen molar-refractivity contribution >= 4 is 77.8 Å². The number of aryl methyl sites for hydroxylation is 1. The lowest BCUT2D eigenvalue weighted by Crippen LogP contribution is -2.27. The van der Waals surface area contributed by atoms with Gasteiger partial charge in [-0.05, 0) is 97.9 Å². The number of ether oxygens (including phenoxy) is 1. The summed E-state index contributed by atoms with van der Waals surface area (Å²) in [6, 6.07) is 17.6. The van der Waals surface area contributed by atoms with E-state index in [1.54, 1.807) is 17.0 Å².